The van der Waals surface area contributed by atoms with Crippen LogP contribution in [0.1, 0.15) is 79.6 Å². The molecule has 0 heterocycles. The Kier molecular flexibility index (Phi) is 4.93. The van der Waals surface area contributed by atoms with Gasteiger partial charge in [-0.2, -0.15) is 0 Å². The lowest BCUT2D eigenvalue weighted by atomic mass is 9.35. The fourth-order valence-corrected chi connectivity index (χ4v) is 8.25. The number of Topliss-reactive ketones (excluding diaryl/α,β-unsaturated/α-hetero) is 1. The average Bonchev–Trinajstić information content (AvgIpc) is 2.63. The van der Waals surface area contributed by atoms with Crippen LogP contribution in [0.25, 0.3) is 0 Å². The van der Waals surface area contributed by atoms with Gasteiger partial charge >= 0.3 is 11.9 Å². The molecule has 0 aliphatic heterocycles. The molecule has 7 atom stereocenters. The summed E-state index contributed by atoms with van der Waals surface area (Å²) in [6.45, 7) is 9.33. The van der Waals surface area contributed by atoms with Gasteiger partial charge in [-0.05, 0) is 61.7 Å². The van der Waals surface area contributed by atoms with Gasteiger partial charge in [-0.1, -0.05) is 20.8 Å². The Labute approximate surface area is 179 Å². The molecule has 1 N–H and O–H groups in total. The molecule has 0 aromatic rings. The first-order chi connectivity index (χ1) is 13.8. The summed E-state index contributed by atoms with van der Waals surface area (Å²) in [6.07, 6.45) is 4.84. The lowest BCUT2D eigenvalue weighted by Crippen LogP contribution is -2.71. The van der Waals surface area contributed by atoms with E-state index in [0.29, 0.717) is 31.0 Å². The molecule has 5 rings (SSSR count). The van der Waals surface area contributed by atoms with Crippen molar-refractivity contribution >= 4 is 17.7 Å². The average molecular weight is 421 g/mol. The normalized spacial score (nSPS) is 46.5. The Morgan fingerprint density at radius 3 is 2.40 bits per heavy atom. The van der Waals surface area contributed by atoms with E-state index in [2.05, 4.69) is 20.8 Å². The minimum atomic E-state index is -1.08. The summed E-state index contributed by atoms with van der Waals surface area (Å²) >= 11 is 0. The molecule has 168 valence electrons. The van der Waals surface area contributed by atoms with Gasteiger partial charge in [-0.25, -0.2) is 0 Å². The molecule has 1 unspecified atom stereocenters. The molecule has 5 saturated carbocycles. The Morgan fingerprint density at radius 1 is 1.07 bits per heavy atom. The van der Waals surface area contributed by atoms with E-state index in [1.807, 2.05) is 0 Å². The largest absolute Gasteiger partial charge is 0.463 e. The van der Waals surface area contributed by atoms with Crippen LogP contribution in [0.4, 0.5) is 0 Å². The predicted octanol–water partition coefficient (Wildman–Crippen LogP) is 3.43. The van der Waals surface area contributed by atoms with Gasteiger partial charge < -0.3 is 14.6 Å². The zero-order valence-electron chi connectivity index (χ0n) is 19.0. The third-order valence-corrected chi connectivity index (χ3v) is 9.55. The third kappa shape index (κ3) is 2.96. The van der Waals surface area contributed by atoms with Crippen LogP contribution in [-0.4, -0.2) is 41.1 Å². The molecule has 5 aliphatic rings. The summed E-state index contributed by atoms with van der Waals surface area (Å²) in [5.41, 5.74) is -1.80. The highest BCUT2D eigenvalue weighted by atomic mass is 16.5. The van der Waals surface area contributed by atoms with Crippen LogP contribution in [0, 0.1) is 34.0 Å². The maximum Gasteiger partial charge on any atom is 0.302 e. The van der Waals surface area contributed by atoms with Crippen molar-refractivity contribution in [3.05, 3.63) is 0 Å². The van der Waals surface area contributed by atoms with Crippen molar-refractivity contribution in [3.8, 4) is 0 Å². The van der Waals surface area contributed by atoms with Gasteiger partial charge in [0.15, 0.2) is 0 Å². The van der Waals surface area contributed by atoms with E-state index in [0.717, 1.165) is 25.7 Å². The maximum atomic E-state index is 12.7. The molecule has 1 spiro atoms. The number of aliphatic hydroxyl groups is 1. The van der Waals surface area contributed by atoms with E-state index in [9.17, 15) is 19.5 Å². The van der Waals surface area contributed by atoms with Gasteiger partial charge in [0, 0.05) is 31.1 Å². The summed E-state index contributed by atoms with van der Waals surface area (Å²) in [4.78, 5) is 36.1. The molecule has 30 heavy (non-hydrogen) atoms. The van der Waals surface area contributed by atoms with Gasteiger partial charge in [0.2, 0.25) is 0 Å². The topological polar surface area (TPSA) is 89.9 Å². The number of carbonyl (C=O) groups is 3. The highest BCUT2D eigenvalue weighted by Gasteiger charge is 2.71. The fourth-order valence-electron chi connectivity index (χ4n) is 8.25. The van der Waals surface area contributed by atoms with Crippen LogP contribution in [0.15, 0.2) is 0 Å². The smallest absolute Gasteiger partial charge is 0.302 e. The van der Waals surface area contributed by atoms with E-state index in [4.69, 9.17) is 9.47 Å². The summed E-state index contributed by atoms with van der Waals surface area (Å²) < 4.78 is 11.1. The lowest BCUT2D eigenvalue weighted by molar-refractivity contribution is -0.279. The van der Waals surface area contributed by atoms with Crippen LogP contribution < -0.4 is 0 Å². The van der Waals surface area contributed by atoms with Crippen LogP contribution >= 0.6 is 0 Å². The van der Waals surface area contributed by atoms with E-state index < -0.39 is 11.6 Å². The van der Waals surface area contributed by atoms with Crippen LogP contribution in [0.3, 0.4) is 0 Å². The minimum absolute atomic E-state index is 0.00160. The molecule has 5 aliphatic carbocycles. The first kappa shape index (κ1) is 21.8. The molecule has 5 fully saturated rings. The van der Waals surface area contributed by atoms with Gasteiger partial charge in [0.25, 0.3) is 0 Å². The Bertz CT molecular complexity index is 774. The Morgan fingerprint density at radius 2 is 1.77 bits per heavy atom. The summed E-state index contributed by atoms with van der Waals surface area (Å²) in [7, 11) is 0. The van der Waals surface area contributed by atoms with E-state index in [1.165, 1.54) is 13.8 Å². The quantitative estimate of drug-likeness (QED) is 0.704. The number of ketones is 1. The number of rotatable bonds is 3. The Balaban J connectivity index is 1.73. The zero-order chi connectivity index (χ0) is 22.1. The number of hydrogen-bond acceptors (Lipinski definition) is 6. The molecular weight excluding hydrogens is 384 g/mol. The van der Waals surface area contributed by atoms with Crippen LogP contribution in [0.5, 0.6) is 0 Å². The molecule has 0 radical (unpaired) electrons. The van der Waals surface area contributed by atoms with Crippen LogP contribution in [0.2, 0.25) is 0 Å². The van der Waals surface area contributed by atoms with E-state index >= 15 is 0 Å². The van der Waals surface area contributed by atoms with Crippen molar-refractivity contribution < 1.29 is 29.0 Å². The first-order valence-electron chi connectivity index (χ1n) is 11.4. The van der Waals surface area contributed by atoms with Crippen molar-refractivity contribution in [2.75, 3.05) is 6.61 Å². The summed E-state index contributed by atoms with van der Waals surface area (Å²) in [6, 6.07) is 0. The lowest BCUT2D eigenvalue weighted by Gasteiger charge is -2.71. The highest BCUT2D eigenvalue weighted by Crippen LogP contribution is 2.72. The van der Waals surface area contributed by atoms with Crippen molar-refractivity contribution in [2.45, 2.75) is 91.3 Å². The highest BCUT2D eigenvalue weighted by molar-refractivity contribution is 5.85. The Hall–Kier alpha value is -1.43. The van der Waals surface area contributed by atoms with E-state index in [-0.39, 0.29) is 46.8 Å². The summed E-state index contributed by atoms with van der Waals surface area (Å²) in [5.74, 6) is 0.154. The monoisotopic (exact) mass is 420 g/mol. The van der Waals surface area contributed by atoms with Gasteiger partial charge in [0.1, 0.15) is 24.1 Å². The van der Waals surface area contributed by atoms with Gasteiger partial charge in [-0.15, -0.1) is 0 Å². The number of ether oxygens (including phenoxy) is 2. The standard InChI is InChI=1S/C24H36O6/c1-14(25)29-13-24(28)12-23-9-6-17-21(3,4)19(27)7-8-22(17,5)18(23)10-16(24)11-20(23)30-15(2)26/h16-18,20,28H,6-13H2,1-5H3/t16-,17-,18+,20?,22-,23+,24+/m1/s1. The fraction of sp³-hybridized carbons (Fsp3) is 0.875. The number of esters is 2. The molecule has 6 nitrogen and oxygen atoms in total. The van der Waals surface area contributed by atoms with Crippen LogP contribution in [-0.2, 0) is 23.9 Å². The molecule has 2 bridgehead atoms. The van der Waals surface area contributed by atoms with Gasteiger partial charge in [-0.3, -0.25) is 14.4 Å². The third-order valence-electron chi connectivity index (χ3n) is 9.55. The van der Waals surface area contributed by atoms with E-state index in [1.54, 1.807) is 0 Å². The SMILES string of the molecule is CC(=O)OC[C@@]1(O)C[C@@]23CC[C@@H]4C(C)(C)C(=O)CC[C@@]4(C)[C@@H]2C[C@@H]1CC3OC(C)=O. The molecule has 0 aromatic heterocycles. The second-order valence-electron chi connectivity index (χ2n) is 11.4. The minimum Gasteiger partial charge on any atom is -0.463 e. The second-order valence-corrected chi connectivity index (χ2v) is 11.4. The molecule has 0 aromatic carbocycles. The summed E-state index contributed by atoms with van der Waals surface area (Å²) in [5, 5.41) is 11.5. The molecular formula is C24H36O6. The zero-order valence-corrected chi connectivity index (χ0v) is 19.0. The molecule has 0 amide bonds. The molecule has 0 saturated heterocycles. The van der Waals surface area contributed by atoms with Gasteiger partial charge in [0.05, 0.1) is 0 Å². The second kappa shape index (κ2) is 6.78. The van der Waals surface area contributed by atoms with Crippen molar-refractivity contribution in [3.63, 3.8) is 0 Å². The number of carbonyl (C=O) groups excluding carboxylic acids is 3. The first-order valence-corrected chi connectivity index (χ1v) is 11.4. The number of fused-ring (bicyclic) bond motifs is 3. The number of hydrogen-bond donors (Lipinski definition) is 1. The maximum absolute atomic E-state index is 12.7. The van der Waals surface area contributed by atoms with Crippen molar-refractivity contribution in [1.29, 1.82) is 0 Å². The predicted molar refractivity (Wildman–Crippen MR) is 109 cm³/mol. The van der Waals surface area contributed by atoms with Crippen molar-refractivity contribution in [1.82, 2.24) is 0 Å². The molecule has 6 heteroatoms. The van der Waals surface area contributed by atoms with Crippen molar-refractivity contribution in [2.24, 2.45) is 34.0 Å².